The van der Waals surface area contributed by atoms with E-state index in [0.717, 1.165) is 5.69 Å². The van der Waals surface area contributed by atoms with Crippen LogP contribution < -0.4 is 0 Å². The summed E-state index contributed by atoms with van der Waals surface area (Å²) in [6.07, 6.45) is 6.67. The van der Waals surface area contributed by atoms with Gasteiger partial charge >= 0.3 is 0 Å². The Kier molecular flexibility index (Phi) is 1.44. The first-order valence-corrected chi connectivity index (χ1v) is 3.30. The number of aromatic nitrogens is 2. The fourth-order valence-electron chi connectivity index (χ4n) is 0.857. The molecule has 0 saturated carbocycles. The van der Waals surface area contributed by atoms with Crippen LogP contribution in [0.3, 0.4) is 0 Å². The molecule has 0 atom stereocenters. The number of hydrogen-bond donors (Lipinski definition) is 0. The molecule has 0 spiro atoms. The Hall–Kier alpha value is -1.58. The molecular formula is C7H6N4. The molecular weight excluding hydrogens is 140 g/mol. The van der Waals surface area contributed by atoms with E-state index >= 15 is 0 Å². The number of rotatable bonds is 1. The van der Waals surface area contributed by atoms with Crippen LogP contribution in [0.2, 0.25) is 0 Å². The van der Waals surface area contributed by atoms with Crippen LogP contribution in [0.4, 0.5) is 0 Å². The Bertz CT molecular complexity index is 301. The minimum Gasteiger partial charge on any atom is -0.261 e. The molecule has 0 fully saturated rings. The minimum atomic E-state index is 0.659. The molecule has 2 heterocycles. The molecule has 0 radical (unpaired) electrons. The summed E-state index contributed by atoms with van der Waals surface area (Å²) in [4.78, 5) is 16.1. The smallest absolute Gasteiger partial charge is 0.175 e. The fraction of sp³-hybridized carbons (Fsp3) is 0.143. The van der Waals surface area contributed by atoms with Crippen molar-refractivity contribution in [1.82, 2.24) is 9.97 Å². The largest absolute Gasteiger partial charge is 0.261 e. The van der Waals surface area contributed by atoms with E-state index in [1.54, 1.807) is 24.8 Å². The summed E-state index contributed by atoms with van der Waals surface area (Å²) in [5, 5.41) is 0. The Balaban J connectivity index is 2.37. The van der Waals surface area contributed by atoms with Crippen molar-refractivity contribution >= 4 is 12.1 Å². The first kappa shape index (κ1) is 6.15. The summed E-state index contributed by atoms with van der Waals surface area (Å²) < 4.78 is 0. The lowest BCUT2D eigenvalue weighted by molar-refractivity contribution is 1.17. The van der Waals surface area contributed by atoms with Crippen LogP contribution in [0.25, 0.3) is 0 Å². The molecule has 0 aliphatic carbocycles. The Morgan fingerprint density at radius 2 is 2.27 bits per heavy atom. The highest BCUT2D eigenvalue weighted by Gasteiger charge is 2.04. The monoisotopic (exact) mass is 146 g/mol. The standard InChI is InChI=1S/C7H6N4/c1-2-9-6(5-8-1)7-10-3-4-11-7/h1-3,5H,4H2. The topological polar surface area (TPSA) is 50.5 Å². The Labute approximate surface area is 63.8 Å². The third kappa shape index (κ3) is 1.14. The predicted octanol–water partition coefficient (Wildman–Crippen LogP) is 0.308. The van der Waals surface area contributed by atoms with Gasteiger partial charge in [-0.1, -0.05) is 0 Å². The lowest BCUT2D eigenvalue weighted by Crippen LogP contribution is -1.97. The molecule has 11 heavy (non-hydrogen) atoms. The minimum absolute atomic E-state index is 0.659. The zero-order valence-corrected chi connectivity index (χ0v) is 5.81. The molecule has 0 aromatic carbocycles. The molecule has 0 unspecified atom stereocenters. The fourth-order valence-corrected chi connectivity index (χ4v) is 0.857. The average Bonchev–Trinajstić information content (AvgIpc) is 2.58. The number of hydrogen-bond acceptors (Lipinski definition) is 4. The number of nitrogens with zero attached hydrogens (tertiary/aromatic N) is 4. The van der Waals surface area contributed by atoms with Gasteiger partial charge in [0.25, 0.3) is 0 Å². The van der Waals surface area contributed by atoms with Crippen molar-refractivity contribution < 1.29 is 0 Å². The van der Waals surface area contributed by atoms with Crippen molar-refractivity contribution in [3.63, 3.8) is 0 Å². The third-order valence-corrected chi connectivity index (χ3v) is 1.33. The molecule has 0 bridgehead atoms. The highest BCUT2D eigenvalue weighted by atomic mass is 15.0. The van der Waals surface area contributed by atoms with Crippen molar-refractivity contribution in [3.05, 3.63) is 24.3 Å². The third-order valence-electron chi connectivity index (χ3n) is 1.33. The van der Waals surface area contributed by atoms with Crippen molar-refractivity contribution in [2.45, 2.75) is 0 Å². The van der Waals surface area contributed by atoms with Crippen molar-refractivity contribution in [1.29, 1.82) is 0 Å². The SMILES string of the molecule is C1=NC(c2cnccn2)=NC1. The van der Waals surface area contributed by atoms with Gasteiger partial charge in [-0.15, -0.1) is 0 Å². The van der Waals surface area contributed by atoms with Crippen molar-refractivity contribution in [2.75, 3.05) is 6.54 Å². The van der Waals surface area contributed by atoms with Crippen LogP contribution in [0, 0.1) is 0 Å². The summed E-state index contributed by atoms with van der Waals surface area (Å²) in [7, 11) is 0. The molecule has 54 valence electrons. The number of aliphatic imine (C=N–C) groups is 2. The van der Waals surface area contributed by atoms with E-state index in [2.05, 4.69) is 20.0 Å². The predicted molar refractivity (Wildman–Crippen MR) is 41.9 cm³/mol. The van der Waals surface area contributed by atoms with Crippen molar-refractivity contribution in [3.8, 4) is 0 Å². The van der Waals surface area contributed by atoms with Crippen LogP contribution >= 0.6 is 0 Å². The van der Waals surface area contributed by atoms with Gasteiger partial charge in [0.2, 0.25) is 0 Å². The second-order valence-electron chi connectivity index (χ2n) is 2.07. The van der Waals surface area contributed by atoms with Crippen LogP contribution in [-0.2, 0) is 0 Å². The normalized spacial score (nSPS) is 15.1. The van der Waals surface area contributed by atoms with E-state index in [1.165, 1.54) is 0 Å². The summed E-state index contributed by atoms with van der Waals surface area (Å²) in [6, 6.07) is 0. The van der Waals surface area contributed by atoms with Gasteiger partial charge in [-0.3, -0.25) is 9.98 Å². The van der Waals surface area contributed by atoms with Crippen LogP contribution in [0.1, 0.15) is 5.69 Å². The second kappa shape index (κ2) is 2.57. The molecule has 1 aliphatic rings. The molecule has 1 aromatic heterocycles. The molecule has 0 saturated heterocycles. The van der Waals surface area contributed by atoms with Gasteiger partial charge in [0.15, 0.2) is 5.84 Å². The number of amidine groups is 1. The van der Waals surface area contributed by atoms with E-state index in [4.69, 9.17) is 0 Å². The van der Waals surface area contributed by atoms with Crippen LogP contribution in [-0.4, -0.2) is 28.6 Å². The van der Waals surface area contributed by atoms with Crippen LogP contribution in [0.5, 0.6) is 0 Å². The maximum absolute atomic E-state index is 4.10. The molecule has 1 aromatic rings. The quantitative estimate of drug-likeness (QED) is 0.572. The molecule has 0 N–H and O–H groups in total. The van der Waals surface area contributed by atoms with E-state index in [9.17, 15) is 0 Å². The van der Waals surface area contributed by atoms with Gasteiger partial charge < -0.3 is 0 Å². The molecule has 2 rings (SSSR count). The highest BCUT2D eigenvalue weighted by molar-refractivity contribution is 6.04. The Morgan fingerprint density at radius 1 is 1.27 bits per heavy atom. The van der Waals surface area contributed by atoms with E-state index in [0.29, 0.717) is 12.4 Å². The summed E-state index contributed by atoms with van der Waals surface area (Å²) >= 11 is 0. The lowest BCUT2D eigenvalue weighted by Gasteiger charge is -1.92. The first-order valence-electron chi connectivity index (χ1n) is 3.30. The zero-order valence-electron chi connectivity index (χ0n) is 5.81. The van der Waals surface area contributed by atoms with Gasteiger partial charge in [0.1, 0.15) is 5.69 Å². The average molecular weight is 146 g/mol. The molecule has 4 nitrogen and oxygen atoms in total. The Morgan fingerprint density at radius 3 is 2.91 bits per heavy atom. The van der Waals surface area contributed by atoms with Gasteiger partial charge in [0, 0.05) is 18.6 Å². The van der Waals surface area contributed by atoms with Gasteiger partial charge in [-0.25, -0.2) is 9.98 Å². The van der Waals surface area contributed by atoms with Gasteiger partial charge in [-0.05, 0) is 0 Å². The first-order chi connectivity index (χ1) is 5.47. The van der Waals surface area contributed by atoms with E-state index in [-0.39, 0.29) is 0 Å². The zero-order chi connectivity index (χ0) is 7.52. The van der Waals surface area contributed by atoms with Crippen LogP contribution in [0.15, 0.2) is 28.6 Å². The van der Waals surface area contributed by atoms with Gasteiger partial charge in [-0.2, -0.15) is 0 Å². The summed E-state index contributed by atoms with van der Waals surface area (Å²) in [5.41, 5.74) is 0.737. The highest BCUT2D eigenvalue weighted by Crippen LogP contribution is 1.99. The van der Waals surface area contributed by atoms with Gasteiger partial charge in [0.05, 0.1) is 12.7 Å². The maximum Gasteiger partial charge on any atom is 0.175 e. The van der Waals surface area contributed by atoms with Crippen molar-refractivity contribution in [2.24, 2.45) is 9.98 Å². The maximum atomic E-state index is 4.10. The molecule has 4 heteroatoms. The summed E-state index contributed by atoms with van der Waals surface area (Å²) in [6.45, 7) is 0.659. The summed E-state index contributed by atoms with van der Waals surface area (Å²) in [5.74, 6) is 0.679. The van der Waals surface area contributed by atoms with E-state index in [1.807, 2.05) is 0 Å². The molecule has 1 aliphatic heterocycles. The lowest BCUT2D eigenvalue weighted by atomic mass is 10.4. The molecule has 0 amide bonds. The second-order valence-corrected chi connectivity index (χ2v) is 2.07. The van der Waals surface area contributed by atoms with E-state index < -0.39 is 0 Å².